The summed E-state index contributed by atoms with van der Waals surface area (Å²) in [4.78, 5) is 2.41. The lowest BCUT2D eigenvalue weighted by atomic mass is 9.71. The molecule has 0 spiro atoms. The summed E-state index contributed by atoms with van der Waals surface area (Å²) in [6, 6.07) is 18.7. The highest BCUT2D eigenvalue weighted by atomic mass is 19.4. The summed E-state index contributed by atoms with van der Waals surface area (Å²) < 4.78 is 41.4. The molecule has 2 unspecified atom stereocenters. The first kappa shape index (κ1) is 24.3. The van der Waals surface area contributed by atoms with Gasteiger partial charge in [0.15, 0.2) is 0 Å². The first-order valence-electron chi connectivity index (χ1n) is 11.7. The topological polar surface area (TPSA) is 27.0 Å². The Morgan fingerprint density at radius 1 is 1.00 bits per heavy atom. The third-order valence-electron chi connectivity index (χ3n) is 6.98. The quantitative estimate of drug-likeness (QED) is 0.375. The van der Waals surface area contributed by atoms with Gasteiger partial charge in [0, 0.05) is 12.6 Å². The highest BCUT2D eigenvalue weighted by molar-refractivity contribution is 5.43. The molecule has 172 valence electrons. The third kappa shape index (κ3) is 5.53. The Labute approximate surface area is 190 Å². The summed E-state index contributed by atoms with van der Waals surface area (Å²) in [5.74, 6) is 0.00732. The van der Waals surface area contributed by atoms with Gasteiger partial charge in [-0.25, -0.2) is 0 Å². The zero-order valence-electron chi connectivity index (χ0n) is 19.0. The first-order chi connectivity index (χ1) is 15.4. The van der Waals surface area contributed by atoms with Gasteiger partial charge >= 0.3 is 6.18 Å². The van der Waals surface area contributed by atoms with Crippen LogP contribution in [0.5, 0.6) is 0 Å². The van der Waals surface area contributed by atoms with Crippen LogP contribution in [0.15, 0.2) is 54.6 Å². The predicted octanol–water partition coefficient (Wildman–Crippen LogP) is 7.00. The Bertz CT molecular complexity index is 899. The lowest BCUT2D eigenvalue weighted by Crippen LogP contribution is -2.39. The van der Waals surface area contributed by atoms with Crippen LogP contribution in [0.2, 0.25) is 0 Å². The van der Waals surface area contributed by atoms with Gasteiger partial charge < -0.3 is 4.90 Å². The Morgan fingerprint density at radius 3 is 2.16 bits per heavy atom. The minimum atomic E-state index is -4.46. The molecule has 0 heterocycles. The molecule has 0 saturated heterocycles. The monoisotopic (exact) mass is 442 g/mol. The molecule has 2 aromatic carbocycles. The fourth-order valence-electron chi connectivity index (χ4n) is 5.02. The third-order valence-corrected chi connectivity index (χ3v) is 6.98. The van der Waals surface area contributed by atoms with E-state index in [-0.39, 0.29) is 17.5 Å². The van der Waals surface area contributed by atoms with E-state index in [9.17, 15) is 18.4 Å². The van der Waals surface area contributed by atoms with E-state index in [0.29, 0.717) is 6.42 Å². The molecule has 3 rings (SSSR count). The number of rotatable bonds is 11. The van der Waals surface area contributed by atoms with Crippen LogP contribution in [0.4, 0.5) is 13.2 Å². The van der Waals surface area contributed by atoms with Gasteiger partial charge in [-0.15, -0.1) is 0 Å². The van der Waals surface area contributed by atoms with E-state index >= 15 is 0 Å². The molecule has 0 amide bonds. The molecule has 0 N–H and O–H groups in total. The molecule has 5 heteroatoms. The van der Waals surface area contributed by atoms with Crippen molar-refractivity contribution < 1.29 is 13.2 Å². The molecule has 0 aromatic heterocycles. The van der Waals surface area contributed by atoms with E-state index < -0.39 is 17.2 Å². The van der Waals surface area contributed by atoms with E-state index in [4.69, 9.17) is 0 Å². The van der Waals surface area contributed by atoms with Crippen molar-refractivity contribution in [1.29, 1.82) is 5.26 Å². The van der Waals surface area contributed by atoms with E-state index in [1.54, 1.807) is 6.07 Å². The summed E-state index contributed by atoms with van der Waals surface area (Å²) >= 11 is 0. The predicted molar refractivity (Wildman–Crippen MR) is 122 cm³/mol. The van der Waals surface area contributed by atoms with Gasteiger partial charge in [-0.3, -0.25) is 0 Å². The van der Waals surface area contributed by atoms with Crippen LogP contribution < -0.4 is 0 Å². The lowest BCUT2D eigenvalue weighted by molar-refractivity contribution is -0.138. The number of halogens is 3. The molecule has 0 aliphatic heterocycles. The second-order valence-corrected chi connectivity index (χ2v) is 8.87. The Kier molecular flexibility index (Phi) is 8.00. The van der Waals surface area contributed by atoms with Crippen molar-refractivity contribution in [3.63, 3.8) is 0 Å². The molecule has 32 heavy (non-hydrogen) atoms. The molecule has 2 nitrogen and oxygen atoms in total. The lowest BCUT2D eigenvalue weighted by Gasteiger charge is -2.35. The molecule has 1 fully saturated rings. The molecule has 2 atom stereocenters. The number of nitriles is 1. The molecule has 2 aromatic rings. The van der Waals surface area contributed by atoms with Crippen LogP contribution >= 0.6 is 0 Å². The number of nitrogens with zero attached hydrogens (tertiary/aromatic N) is 2. The second kappa shape index (κ2) is 10.5. The number of likely N-dealkylation sites (N-methyl/N-ethyl adjacent to an activating group) is 1. The van der Waals surface area contributed by atoms with E-state index in [2.05, 4.69) is 36.9 Å². The number of hydrogen-bond donors (Lipinski definition) is 0. The maximum absolute atomic E-state index is 13.8. The standard InChI is InChI=1S/C27H33F3N2/c1-3-23(32(4-2)19-17-21-10-6-5-7-11-21)16-18-26(20-31,22-14-15-22)24-12-8-9-13-25(24)27(28,29)30/h5-13,22-23H,3-4,14-19H2,1-2H3. The van der Waals surface area contributed by atoms with Gasteiger partial charge in [0.05, 0.1) is 17.0 Å². The molecule has 0 bridgehead atoms. The van der Waals surface area contributed by atoms with Gasteiger partial charge in [0.2, 0.25) is 0 Å². The van der Waals surface area contributed by atoms with Gasteiger partial charge in [0.1, 0.15) is 0 Å². The van der Waals surface area contributed by atoms with Crippen molar-refractivity contribution in [3.8, 4) is 6.07 Å². The first-order valence-corrected chi connectivity index (χ1v) is 11.7. The fourth-order valence-corrected chi connectivity index (χ4v) is 5.02. The van der Waals surface area contributed by atoms with Crippen LogP contribution in [0, 0.1) is 17.2 Å². The van der Waals surface area contributed by atoms with Crippen molar-refractivity contribution in [2.45, 2.75) is 70.0 Å². The summed E-state index contributed by atoms with van der Waals surface area (Å²) in [6.45, 7) is 6.05. The molecule has 1 saturated carbocycles. The zero-order valence-corrected chi connectivity index (χ0v) is 19.0. The van der Waals surface area contributed by atoms with Crippen molar-refractivity contribution in [3.05, 3.63) is 71.3 Å². The normalized spacial score (nSPS) is 17.0. The summed E-state index contributed by atoms with van der Waals surface area (Å²) in [7, 11) is 0. The van der Waals surface area contributed by atoms with Crippen molar-refractivity contribution in [2.24, 2.45) is 5.92 Å². The van der Waals surface area contributed by atoms with E-state index in [0.717, 1.165) is 51.3 Å². The Morgan fingerprint density at radius 2 is 1.62 bits per heavy atom. The second-order valence-electron chi connectivity index (χ2n) is 8.87. The minimum Gasteiger partial charge on any atom is -0.300 e. The average molecular weight is 443 g/mol. The smallest absolute Gasteiger partial charge is 0.300 e. The fraction of sp³-hybridized carbons (Fsp3) is 0.519. The number of alkyl halides is 3. The van der Waals surface area contributed by atoms with Gasteiger partial charge in [-0.05, 0) is 68.2 Å². The molecular weight excluding hydrogens is 409 g/mol. The van der Waals surface area contributed by atoms with Crippen LogP contribution in [-0.2, 0) is 18.0 Å². The largest absolute Gasteiger partial charge is 0.416 e. The van der Waals surface area contributed by atoms with Crippen LogP contribution in [0.1, 0.15) is 62.6 Å². The Hall–Kier alpha value is -2.32. The molecule has 0 radical (unpaired) electrons. The average Bonchev–Trinajstić information content (AvgIpc) is 3.65. The molecule has 1 aliphatic rings. The zero-order chi connectivity index (χ0) is 23.2. The van der Waals surface area contributed by atoms with Crippen LogP contribution in [0.3, 0.4) is 0 Å². The van der Waals surface area contributed by atoms with Gasteiger partial charge in [-0.1, -0.05) is 62.4 Å². The summed E-state index contributed by atoms with van der Waals surface area (Å²) in [5.41, 5.74) is -0.278. The van der Waals surface area contributed by atoms with Crippen molar-refractivity contribution >= 4 is 0 Å². The Balaban J connectivity index is 1.80. The number of benzene rings is 2. The van der Waals surface area contributed by atoms with Gasteiger partial charge in [0.25, 0.3) is 0 Å². The van der Waals surface area contributed by atoms with E-state index in [1.807, 2.05) is 18.2 Å². The molecule has 1 aliphatic carbocycles. The maximum atomic E-state index is 13.8. The maximum Gasteiger partial charge on any atom is 0.416 e. The van der Waals surface area contributed by atoms with Crippen LogP contribution in [0.25, 0.3) is 0 Å². The highest BCUT2D eigenvalue weighted by Crippen LogP contribution is 2.52. The minimum absolute atomic E-state index is 0.00732. The highest BCUT2D eigenvalue weighted by Gasteiger charge is 2.50. The molecular formula is C27H33F3N2. The number of hydrogen-bond acceptors (Lipinski definition) is 2. The SMILES string of the molecule is CCC(CCC(C#N)(c1ccccc1C(F)(F)F)C1CC1)N(CC)CCc1ccccc1. The summed E-state index contributed by atoms with van der Waals surface area (Å²) in [5, 5.41) is 10.2. The van der Waals surface area contributed by atoms with Crippen LogP contribution in [-0.4, -0.2) is 24.0 Å². The van der Waals surface area contributed by atoms with Crippen molar-refractivity contribution in [2.75, 3.05) is 13.1 Å². The van der Waals surface area contributed by atoms with Crippen molar-refractivity contribution in [1.82, 2.24) is 4.90 Å². The summed E-state index contributed by atoms with van der Waals surface area (Å²) in [6.07, 6.45) is 0.216. The van der Waals surface area contributed by atoms with E-state index in [1.165, 1.54) is 17.7 Å². The van der Waals surface area contributed by atoms with Gasteiger partial charge in [-0.2, -0.15) is 18.4 Å².